The first-order chi connectivity index (χ1) is 29.7. The third kappa shape index (κ3) is 5.81. The van der Waals surface area contributed by atoms with Gasteiger partial charge in [-0.05, 0) is 86.3 Å². The van der Waals surface area contributed by atoms with Crippen molar-refractivity contribution in [2.45, 2.75) is 0 Å². The molecule has 0 atom stereocenters. The Morgan fingerprint density at radius 2 is 0.933 bits per heavy atom. The second kappa shape index (κ2) is 13.7. The standard InChI is InChI=1S/C54H32N4O2/c1-3-12-33(13-4-1)35-22-25-37(26-23-35)54-55-46-32-48-45(31-49(46)60-54)50-43(20-11-21-47(50)59-48)41-29-39-18-9-10-19-42(39)44(30-41)53-57-51(36-15-5-2-6-16-36)56-52(58-53)40-27-24-34-14-7-8-17-38(34)28-40/h1-32H. The van der Waals surface area contributed by atoms with Gasteiger partial charge in [-0.1, -0.05) is 146 Å². The lowest BCUT2D eigenvalue weighted by Crippen LogP contribution is -2.01. The molecule has 0 saturated heterocycles. The van der Waals surface area contributed by atoms with E-state index >= 15 is 0 Å². The zero-order chi connectivity index (χ0) is 39.6. The monoisotopic (exact) mass is 768 g/mol. The van der Waals surface area contributed by atoms with Gasteiger partial charge in [0.15, 0.2) is 23.1 Å². The van der Waals surface area contributed by atoms with Crippen LogP contribution in [0.2, 0.25) is 0 Å². The van der Waals surface area contributed by atoms with Gasteiger partial charge in [-0.15, -0.1) is 0 Å². The number of oxazole rings is 1. The van der Waals surface area contributed by atoms with E-state index < -0.39 is 0 Å². The molecule has 12 rings (SSSR count). The zero-order valence-corrected chi connectivity index (χ0v) is 32.1. The summed E-state index contributed by atoms with van der Waals surface area (Å²) in [6.07, 6.45) is 0. The Morgan fingerprint density at radius 3 is 1.75 bits per heavy atom. The van der Waals surface area contributed by atoms with E-state index in [1.807, 2.05) is 66.7 Å². The Kier molecular flexibility index (Phi) is 7.74. The van der Waals surface area contributed by atoms with E-state index in [2.05, 4.69) is 127 Å². The summed E-state index contributed by atoms with van der Waals surface area (Å²) in [7, 11) is 0. The Morgan fingerprint density at radius 1 is 0.300 bits per heavy atom. The largest absolute Gasteiger partial charge is 0.456 e. The molecule has 0 aliphatic carbocycles. The molecule has 12 aromatic rings. The highest BCUT2D eigenvalue weighted by Crippen LogP contribution is 2.42. The molecule has 6 heteroatoms. The SMILES string of the molecule is c1ccc(-c2ccc(-c3nc4cc5oc6cccc(-c7cc(-c8nc(-c9ccccc9)nc(-c9ccc%10ccccc%10c9)n8)c8ccccc8c7)c6c5cc4o3)cc2)cc1. The molecule has 280 valence electrons. The predicted octanol–water partition coefficient (Wildman–Crippen LogP) is 14.2. The number of hydrogen-bond donors (Lipinski definition) is 0. The number of hydrogen-bond acceptors (Lipinski definition) is 6. The Labute approximate surface area is 344 Å². The van der Waals surface area contributed by atoms with E-state index in [4.69, 9.17) is 28.8 Å². The van der Waals surface area contributed by atoms with Gasteiger partial charge in [0.1, 0.15) is 16.7 Å². The van der Waals surface area contributed by atoms with Gasteiger partial charge in [0, 0.05) is 39.1 Å². The van der Waals surface area contributed by atoms with E-state index in [0.29, 0.717) is 28.9 Å². The van der Waals surface area contributed by atoms with E-state index in [1.165, 1.54) is 5.56 Å². The van der Waals surface area contributed by atoms with E-state index in [0.717, 1.165) is 87.9 Å². The van der Waals surface area contributed by atoms with Crippen molar-refractivity contribution < 1.29 is 8.83 Å². The van der Waals surface area contributed by atoms with Crippen LogP contribution in [0.4, 0.5) is 0 Å². The van der Waals surface area contributed by atoms with Crippen molar-refractivity contribution in [2.75, 3.05) is 0 Å². The number of rotatable bonds is 6. The highest BCUT2D eigenvalue weighted by molar-refractivity contribution is 6.16. The first-order valence-corrected chi connectivity index (χ1v) is 19.9. The number of aromatic nitrogens is 4. The molecule has 0 aliphatic rings. The molecule has 0 saturated carbocycles. The van der Waals surface area contributed by atoms with Gasteiger partial charge in [0.05, 0.1) is 0 Å². The fourth-order valence-electron chi connectivity index (χ4n) is 8.37. The van der Waals surface area contributed by atoms with Crippen LogP contribution in [-0.2, 0) is 0 Å². The predicted molar refractivity (Wildman–Crippen MR) is 242 cm³/mol. The van der Waals surface area contributed by atoms with Gasteiger partial charge in [0.2, 0.25) is 5.89 Å². The van der Waals surface area contributed by atoms with Gasteiger partial charge >= 0.3 is 0 Å². The van der Waals surface area contributed by atoms with Crippen molar-refractivity contribution in [3.63, 3.8) is 0 Å². The second-order valence-corrected chi connectivity index (χ2v) is 15.0. The van der Waals surface area contributed by atoms with E-state index in [9.17, 15) is 0 Å². The smallest absolute Gasteiger partial charge is 0.227 e. The minimum Gasteiger partial charge on any atom is -0.456 e. The van der Waals surface area contributed by atoms with Crippen LogP contribution >= 0.6 is 0 Å². The van der Waals surface area contributed by atoms with Crippen LogP contribution in [0.15, 0.2) is 203 Å². The lowest BCUT2D eigenvalue weighted by atomic mass is 9.93. The Hall–Kier alpha value is -8.22. The third-order valence-electron chi connectivity index (χ3n) is 11.3. The summed E-state index contributed by atoms with van der Waals surface area (Å²) >= 11 is 0. The molecular weight excluding hydrogens is 737 g/mol. The zero-order valence-electron chi connectivity index (χ0n) is 32.1. The van der Waals surface area contributed by atoms with Crippen molar-refractivity contribution in [1.29, 1.82) is 0 Å². The molecule has 0 unspecified atom stereocenters. The quantitative estimate of drug-likeness (QED) is 0.168. The van der Waals surface area contributed by atoms with Gasteiger partial charge in [-0.3, -0.25) is 0 Å². The lowest BCUT2D eigenvalue weighted by Gasteiger charge is -2.13. The van der Waals surface area contributed by atoms with Crippen molar-refractivity contribution in [3.05, 3.63) is 194 Å². The Bertz CT molecular complexity index is 3590. The number of nitrogens with zero attached hydrogens (tertiary/aromatic N) is 4. The average Bonchev–Trinajstić information content (AvgIpc) is 3.91. The highest BCUT2D eigenvalue weighted by atomic mass is 16.4. The third-order valence-corrected chi connectivity index (χ3v) is 11.3. The molecule has 0 radical (unpaired) electrons. The molecule has 0 spiro atoms. The molecular formula is C54H32N4O2. The topological polar surface area (TPSA) is 77.8 Å². The summed E-state index contributed by atoms with van der Waals surface area (Å²) in [6.45, 7) is 0. The summed E-state index contributed by atoms with van der Waals surface area (Å²) in [5, 5.41) is 6.37. The summed E-state index contributed by atoms with van der Waals surface area (Å²) < 4.78 is 13.0. The Balaban J connectivity index is 1.01. The minimum atomic E-state index is 0.566. The molecule has 0 aliphatic heterocycles. The van der Waals surface area contributed by atoms with Crippen LogP contribution in [0.3, 0.4) is 0 Å². The molecule has 60 heavy (non-hydrogen) atoms. The van der Waals surface area contributed by atoms with Gasteiger partial charge < -0.3 is 8.83 Å². The normalized spacial score (nSPS) is 11.7. The van der Waals surface area contributed by atoms with Crippen LogP contribution in [-0.4, -0.2) is 19.9 Å². The first kappa shape index (κ1) is 33.9. The second-order valence-electron chi connectivity index (χ2n) is 15.0. The summed E-state index contributed by atoms with van der Waals surface area (Å²) in [5.41, 5.74) is 11.0. The fourth-order valence-corrected chi connectivity index (χ4v) is 8.37. The average molecular weight is 769 g/mol. The maximum atomic E-state index is 6.55. The van der Waals surface area contributed by atoms with Gasteiger partial charge in [0.25, 0.3) is 0 Å². The highest BCUT2D eigenvalue weighted by Gasteiger charge is 2.20. The molecule has 0 N–H and O–H groups in total. The van der Waals surface area contributed by atoms with Crippen LogP contribution in [0, 0.1) is 0 Å². The first-order valence-electron chi connectivity index (χ1n) is 19.9. The fraction of sp³-hybridized carbons (Fsp3) is 0. The summed E-state index contributed by atoms with van der Waals surface area (Å²) in [6, 6.07) is 66.6. The summed E-state index contributed by atoms with van der Waals surface area (Å²) in [4.78, 5) is 20.3. The van der Waals surface area contributed by atoms with Gasteiger partial charge in [-0.25, -0.2) is 19.9 Å². The number of benzene rings is 9. The van der Waals surface area contributed by atoms with Crippen LogP contribution < -0.4 is 0 Å². The molecule has 3 heterocycles. The molecule has 0 fully saturated rings. The van der Waals surface area contributed by atoms with Crippen molar-refractivity contribution in [1.82, 2.24) is 19.9 Å². The maximum Gasteiger partial charge on any atom is 0.227 e. The van der Waals surface area contributed by atoms with E-state index in [-0.39, 0.29) is 0 Å². The summed E-state index contributed by atoms with van der Waals surface area (Å²) in [5.74, 6) is 2.39. The number of furan rings is 1. The van der Waals surface area contributed by atoms with Gasteiger partial charge in [-0.2, -0.15) is 0 Å². The van der Waals surface area contributed by atoms with Crippen molar-refractivity contribution >= 4 is 54.6 Å². The van der Waals surface area contributed by atoms with Crippen molar-refractivity contribution in [2.24, 2.45) is 0 Å². The molecule has 0 amide bonds. The van der Waals surface area contributed by atoms with Crippen LogP contribution in [0.25, 0.3) is 122 Å². The molecule has 0 bridgehead atoms. The maximum absolute atomic E-state index is 6.55. The van der Waals surface area contributed by atoms with E-state index in [1.54, 1.807) is 0 Å². The molecule has 9 aromatic carbocycles. The van der Waals surface area contributed by atoms with Crippen molar-refractivity contribution in [3.8, 4) is 67.9 Å². The number of fused-ring (bicyclic) bond motifs is 6. The molecule has 3 aromatic heterocycles. The lowest BCUT2D eigenvalue weighted by molar-refractivity contribution is 0.620. The minimum absolute atomic E-state index is 0.566. The molecule has 6 nitrogen and oxygen atoms in total. The van der Waals surface area contributed by atoms with Crippen LogP contribution in [0.5, 0.6) is 0 Å². The van der Waals surface area contributed by atoms with Crippen LogP contribution in [0.1, 0.15) is 0 Å².